The number of carbonyl (C=O) groups excluding carboxylic acids is 2. The quantitative estimate of drug-likeness (QED) is 0.482. The van der Waals surface area contributed by atoms with Crippen LogP contribution in [-0.2, 0) is 6.54 Å². The fourth-order valence-corrected chi connectivity index (χ4v) is 2.92. The van der Waals surface area contributed by atoms with E-state index in [4.69, 9.17) is 21.4 Å². The largest absolute Gasteiger partial charge is 0.491 e. The van der Waals surface area contributed by atoms with Gasteiger partial charge in [0.25, 0.3) is 11.8 Å². The maximum absolute atomic E-state index is 12.4. The average molecular weight is 438 g/mol. The van der Waals surface area contributed by atoms with Gasteiger partial charge in [0.05, 0.1) is 18.9 Å². The zero-order valence-corrected chi connectivity index (χ0v) is 18.0. The summed E-state index contributed by atoms with van der Waals surface area (Å²) in [5, 5.41) is 8.49. The third-order valence-electron chi connectivity index (χ3n) is 4.10. The van der Waals surface area contributed by atoms with Crippen molar-refractivity contribution >= 4 is 34.8 Å². The Kier molecular flexibility index (Phi) is 7.40. The van der Waals surface area contributed by atoms with Crippen molar-refractivity contribution in [3.8, 4) is 5.75 Å². The van der Waals surface area contributed by atoms with E-state index in [1.165, 1.54) is 0 Å². The van der Waals surface area contributed by atoms with Crippen LogP contribution >= 0.6 is 12.2 Å². The molecule has 1 heterocycles. The van der Waals surface area contributed by atoms with Crippen LogP contribution in [0.15, 0.2) is 71.3 Å². The fourth-order valence-electron chi connectivity index (χ4n) is 2.71. The van der Waals surface area contributed by atoms with E-state index in [1.54, 1.807) is 66.9 Å². The van der Waals surface area contributed by atoms with E-state index in [2.05, 4.69) is 16.0 Å². The van der Waals surface area contributed by atoms with Crippen LogP contribution in [-0.4, -0.2) is 23.0 Å². The van der Waals surface area contributed by atoms with Gasteiger partial charge in [-0.1, -0.05) is 6.07 Å². The van der Waals surface area contributed by atoms with Gasteiger partial charge in [0.15, 0.2) is 5.11 Å². The molecule has 2 amide bonds. The topological polar surface area (TPSA) is 92.6 Å². The highest BCUT2D eigenvalue weighted by Crippen LogP contribution is 2.15. The lowest BCUT2D eigenvalue weighted by atomic mass is 10.2. The summed E-state index contributed by atoms with van der Waals surface area (Å²) in [6, 6.07) is 17.2. The molecule has 31 heavy (non-hydrogen) atoms. The Morgan fingerprint density at radius 1 is 1.00 bits per heavy atom. The summed E-state index contributed by atoms with van der Waals surface area (Å²) in [5.74, 6) is 0.722. The van der Waals surface area contributed by atoms with E-state index >= 15 is 0 Å². The Labute approximate surface area is 185 Å². The van der Waals surface area contributed by atoms with Gasteiger partial charge in [0, 0.05) is 16.8 Å². The molecule has 0 unspecified atom stereocenters. The summed E-state index contributed by atoms with van der Waals surface area (Å²) in [4.78, 5) is 24.6. The zero-order chi connectivity index (χ0) is 22.2. The predicted octanol–water partition coefficient (Wildman–Crippen LogP) is 4.12. The second-order valence-electron chi connectivity index (χ2n) is 6.94. The highest BCUT2D eigenvalue weighted by molar-refractivity contribution is 7.80. The summed E-state index contributed by atoms with van der Waals surface area (Å²) >= 11 is 5.22. The molecule has 8 heteroatoms. The molecule has 0 bridgehead atoms. The molecule has 3 aromatic rings. The normalized spacial score (nSPS) is 10.4. The molecule has 2 aromatic carbocycles. The van der Waals surface area contributed by atoms with Crippen molar-refractivity contribution in [2.45, 2.75) is 26.5 Å². The number of thiocarbonyl (C=S) groups is 1. The third-order valence-corrected chi connectivity index (χ3v) is 4.31. The van der Waals surface area contributed by atoms with Gasteiger partial charge in [-0.15, -0.1) is 0 Å². The summed E-state index contributed by atoms with van der Waals surface area (Å²) in [6.45, 7) is 4.14. The van der Waals surface area contributed by atoms with Gasteiger partial charge in [-0.3, -0.25) is 14.9 Å². The third kappa shape index (κ3) is 6.68. The molecule has 0 spiro atoms. The first-order valence-electron chi connectivity index (χ1n) is 9.70. The van der Waals surface area contributed by atoms with Crippen LogP contribution < -0.4 is 20.7 Å². The molecular weight excluding hydrogens is 414 g/mol. The molecule has 7 nitrogen and oxygen atoms in total. The molecule has 1 aromatic heterocycles. The molecule has 0 atom stereocenters. The Balaban J connectivity index is 1.52. The summed E-state index contributed by atoms with van der Waals surface area (Å²) < 4.78 is 10.8. The van der Waals surface area contributed by atoms with Crippen molar-refractivity contribution in [3.63, 3.8) is 0 Å². The highest BCUT2D eigenvalue weighted by Gasteiger charge is 2.11. The Morgan fingerprint density at radius 3 is 2.45 bits per heavy atom. The van der Waals surface area contributed by atoms with Crippen LogP contribution in [0, 0.1) is 0 Å². The second-order valence-corrected chi connectivity index (χ2v) is 7.35. The summed E-state index contributed by atoms with van der Waals surface area (Å²) in [7, 11) is 0. The van der Waals surface area contributed by atoms with Gasteiger partial charge in [0.1, 0.15) is 11.5 Å². The smallest absolute Gasteiger partial charge is 0.257 e. The molecule has 0 saturated carbocycles. The van der Waals surface area contributed by atoms with Gasteiger partial charge in [0.2, 0.25) is 0 Å². The number of ether oxygens (including phenoxy) is 1. The maximum atomic E-state index is 12.4. The van der Waals surface area contributed by atoms with Gasteiger partial charge in [-0.05, 0) is 80.7 Å². The van der Waals surface area contributed by atoms with Crippen molar-refractivity contribution in [2.75, 3.05) is 5.32 Å². The van der Waals surface area contributed by atoms with Crippen LogP contribution in [0.5, 0.6) is 5.75 Å². The Bertz CT molecular complexity index is 1050. The first-order chi connectivity index (χ1) is 14.9. The lowest BCUT2D eigenvalue weighted by molar-refractivity contribution is 0.0946. The van der Waals surface area contributed by atoms with Crippen molar-refractivity contribution < 1.29 is 18.7 Å². The zero-order valence-electron chi connectivity index (χ0n) is 17.2. The Morgan fingerprint density at radius 2 is 1.77 bits per heavy atom. The first-order valence-corrected chi connectivity index (χ1v) is 10.1. The molecule has 160 valence electrons. The van der Waals surface area contributed by atoms with Crippen molar-refractivity contribution in [3.05, 3.63) is 83.8 Å². The molecular formula is C23H23N3O4S. The van der Waals surface area contributed by atoms with Gasteiger partial charge >= 0.3 is 0 Å². The number of rotatable bonds is 7. The molecule has 3 rings (SSSR count). The number of carbonyl (C=O) groups is 2. The summed E-state index contributed by atoms with van der Waals surface area (Å²) in [6.07, 6.45) is 1.57. The Hall–Kier alpha value is -3.65. The van der Waals surface area contributed by atoms with Gasteiger partial charge < -0.3 is 19.8 Å². The minimum absolute atomic E-state index is 0.0104. The highest BCUT2D eigenvalue weighted by atomic mass is 32.1. The maximum Gasteiger partial charge on any atom is 0.257 e. The molecule has 0 aliphatic heterocycles. The van der Waals surface area contributed by atoms with Gasteiger partial charge in [-0.2, -0.15) is 0 Å². The summed E-state index contributed by atoms with van der Waals surface area (Å²) in [5.41, 5.74) is 1.57. The van der Waals surface area contributed by atoms with Crippen molar-refractivity contribution in [1.82, 2.24) is 10.6 Å². The van der Waals surface area contributed by atoms with E-state index in [9.17, 15) is 9.59 Å². The molecule has 0 aliphatic carbocycles. The van der Waals surface area contributed by atoms with E-state index in [1.807, 2.05) is 13.8 Å². The minimum atomic E-state index is -0.347. The van der Waals surface area contributed by atoms with E-state index in [0.717, 1.165) is 0 Å². The number of hydrogen-bond acceptors (Lipinski definition) is 5. The number of nitrogens with one attached hydrogen (secondary N) is 3. The molecule has 0 saturated heterocycles. The van der Waals surface area contributed by atoms with Gasteiger partial charge in [-0.25, -0.2) is 0 Å². The van der Waals surface area contributed by atoms with E-state index in [-0.39, 0.29) is 23.0 Å². The number of amides is 2. The number of hydrogen-bond donors (Lipinski definition) is 3. The van der Waals surface area contributed by atoms with Crippen LogP contribution in [0.1, 0.15) is 40.3 Å². The SMILES string of the molecule is CC(C)Oc1cccc(C(=O)NC(=S)Nc2ccc(C(=O)NCc3ccco3)cc2)c1. The number of furan rings is 1. The van der Waals surface area contributed by atoms with Crippen LogP contribution in [0.2, 0.25) is 0 Å². The fraction of sp³-hybridized carbons (Fsp3) is 0.174. The number of anilines is 1. The van der Waals surface area contributed by atoms with Crippen molar-refractivity contribution in [2.24, 2.45) is 0 Å². The lowest BCUT2D eigenvalue weighted by Gasteiger charge is -2.12. The molecule has 0 radical (unpaired) electrons. The minimum Gasteiger partial charge on any atom is -0.491 e. The van der Waals surface area contributed by atoms with E-state index < -0.39 is 0 Å². The second kappa shape index (κ2) is 10.4. The van der Waals surface area contributed by atoms with Crippen LogP contribution in [0.3, 0.4) is 0 Å². The molecule has 0 fully saturated rings. The van der Waals surface area contributed by atoms with Crippen molar-refractivity contribution in [1.29, 1.82) is 0 Å². The van der Waals surface area contributed by atoms with Crippen LogP contribution in [0.4, 0.5) is 5.69 Å². The average Bonchev–Trinajstić information content (AvgIpc) is 3.26. The standard InChI is InChI=1S/C23H23N3O4S/c1-15(2)30-19-6-3-5-17(13-19)22(28)26-23(31)25-18-10-8-16(9-11-18)21(27)24-14-20-7-4-12-29-20/h3-13,15H,14H2,1-2H3,(H,24,27)(H2,25,26,28,31). The predicted molar refractivity (Wildman–Crippen MR) is 122 cm³/mol. The number of benzene rings is 2. The lowest BCUT2D eigenvalue weighted by Crippen LogP contribution is -2.34. The molecule has 3 N–H and O–H groups in total. The van der Waals surface area contributed by atoms with E-state index in [0.29, 0.717) is 34.9 Å². The monoisotopic (exact) mass is 437 g/mol. The molecule has 0 aliphatic rings. The first kappa shape index (κ1) is 22.0. The van der Waals surface area contributed by atoms with Crippen LogP contribution in [0.25, 0.3) is 0 Å².